The molecule has 7 N–H and O–H groups in total. The van der Waals surface area contributed by atoms with Crippen LogP contribution in [0, 0.1) is 0 Å². The summed E-state index contributed by atoms with van der Waals surface area (Å²) in [5.41, 5.74) is 0. The van der Waals surface area contributed by atoms with E-state index in [2.05, 4.69) is 0 Å². The predicted octanol–water partition coefficient (Wildman–Crippen LogP) is -2.48. The lowest BCUT2D eigenvalue weighted by Gasteiger charge is -2.45. The summed E-state index contributed by atoms with van der Waals surface area (Å²) >= 11 is 0. The largest absolute Gasteiger partial charge is 0.394 e. The van der Waals surface area contributed by atoms with Gasteiger partial charge in [0.15, 0.2) is 12.6 Å². The Morgan fingerprint density at radius 2 is 1.25 bits per heavy atom. The molecular weight excluding hydrogens is 484 g/mol. The summed E-state index contributed by atoms with van der Waals surface area (Å²) in [4.78, 5) is 23.3. The van der Waals surface area contributed by atoms with Crippen LogP contribution >= 0.6 is 0 Å². The molecule has 0 aliphatic carbocycles. The average molecular weight is 525 g/mol. The van der Waals surface area contributed by atoms with Crippen LogP contribution in [0.5, 0.6) is 0 Å². The number of unbranched alkanes of at least 4 members (excludes halogenated alkanes) is 1. The molecule has 2 fully saturated rings. The molecule has 0 spiro atoms. The second-order valence-electron chi connectivity index (χ2n) is 9.12. The van der Waals surface area contributed by atoms with Crippen molar-refractivity contribution in [1.29, 1.82) is 0 Å². The zero-order chi connectivity index (χ0) is 26.8. The molecule has 0 bridgehead atoms. The molecule has 36 heavy (non-hydrogen) atoms. The molecule has 0 amide bonds. The Morgan fingerprint density at radius 1 is 0.694 bits per heavy atom. The Kier molecular flexibility index (Phi) is 13.3. The number of hydrogen-bond acceptors (Lipinski definition) is 13. The Bertz CT molecular complexity index is 674. The SMILES string of the molecule is CCC(=O)CCCCC(=O)CCCO[C@H]1O[C@H](CO)[C@@H](O)[C@H](O[C@H]2O[C@H](CO)[C@@H](O)[C@H](O)[C@@H]2O)[C@@H]1O. The third-order valence-electron chi connectivity index (χ3n) is 6.40. The standard InChI is InChI=1S/C23H40O13/c1-2-12(26)6-3-4-7-13(27)8-5-9-33-22-20(32)21(17(29)15(11-25)34-22)36-23-19(31)18(30)16(28)14(10-24)35-23/h14-25,28-32H,2-11H2,1H3/t14-,15-,16-,17-,18+,19+,20+,21+,22+,23-/m1/s1. The van der Waals surface area contributed by atoms with Crippen molar-refractivity contribution in [3.8, 4) is 0 Å². The number of aliphatic hydroxyl groups is 7. The van der Waals surface area contributed by atoms with Crippen molar-refractivity contribution in [3.63, 3.8) is 0 Å². The normalized spacial score (nSPS) is 37.1. The van der Waals surface area contributed by atoms with Crippen molar-refractivity contribution < 1.29 is 64.3 Å². The molecule has 0 aromatic heterocycles. The van der Waals surface area contributed by atoms with Gasteiger partial charge in [-0.15, -0.1) is 0 Å². The monoisotopic (exact) mass is 524 g/mol. The molecule has 13 nitrogen and oxygen atoms in total. The molecule has 210 valence electrons. The number of Topliss-reactive ketones (excluding diaryl/α,β-unsaturated/α-hetero) is 2. The number of ether oxygens (including phenoxy) is 4. The highest BCUT2D eigenvalue weighted by atomic mass is 16.7. The topological polar surface area (TPSA) is 213 Å². The first-order valence-electron chi connectivity index (χ1n) is 12.4. The Balaban J connectivity index is 1.86. The highest BCUT2D eigenvalue weighted by Gasteiger charge is 2.50. The first kappa shape index (κ1) is 31.1. The van der Waals surface area contributed by atoms with Gasteiger partial charge in [-0.25, -0.2) is 0 Å². The summed E-state index contributed by atoms with van der Waals surface area (Å²) in [7, 11) is 0. The quantitative estimate of drug-likeness (QED) is 0.111. The van der Waals surface area contributed by atoms with Gasteiger partial charge in [0, 0.05) is 25.7 Å². The number of rotatable bonds is 15. The van der Waals surface area contributed by atoms with Crippen LogP contribution in [-0.4, -0.2) is 129 Å². The maximum atomic E-state index is 12.0. The molecule has 2 aliphatic rings. The van der Waals surface area contributed by atoms with Crippen LogP contribution in [0.15, 0.2) is 0 Å². The summed E-state index contributed by atoms with van der Waals surface area (Å²) in [5.74, 6) is 0.183. The van der Waals surface area contributed by atoms with E-state index < -0.39 is 74.6 Å². The van der Waals surface area contributed by atoms with Gasteiger partial charge < -0.3 is 54.7 Å². The van der Waals surface area contributed by atoms with Crippen molar-refractivity contribution in [2.45, 2.75) is 113 Å². The highest BCUT2D eigenvalue weighted by molar-refractivity contribution is 5.79. The number of carbonyl (C=O) groups is 2. The fraction of sp³-hybridized carbons (Fsp3) is 0.913. The Hall–Kier alpha value is -1.10. The predicted molar refractivity (Wildman–Crippen MR) is 120 cm³/mol. The molecule has 0 saturated carbocycles. The minimum Gasteiger partial charge on any atom is -0.394 e. The summed E-state index contributed by atoms with van der Waals surface area (Å²) in [6.45, 7) is 0.474. The second kappa shape index (κ2) is 15.3. The molecule has 2 rings (SSSR count). The first-order valence-corrected chi connectivity index (χ1v) is 12.4. The van der Waals surface area contributed by atoms with Gasteiger partial charge in [-0.1, -0.05) is 6.92 Å². The number of carbonyl (C=O) groups excluding carboxylic acids is 2. The fourth-order valence-corrected chi connectivity index (χ4v) is 4.10. The molecule has 2 aliphatic heterocycles. The Labute approximate surface area is 209 Å². The second-order valence-corrected chi connectivity index (χ2v) is 9.12. The minimum absolute atomic E-state index is 0.0140. The molecule has 0 unspecified atom stereocenters. The van der Waals surface area contributed by atoms with E-state index in [1.807, 2.05) is 0 Å². The van der Waals surface area contributed by atoms with Gasteiger partial charge in [0.2, 0.25) is 0 Å². The van der Waals surface area contributed by atoms with Gasteiger partial charge >= 0.3 is 0 Å². The van der Waals surface area contributed by atoms with Crippen LogP contribution in [0.3, 0.4) is 0 Å². The van der Waals surface area contributed by atoms with Gasteiger partial charge in [0.25, 0.3) is 0 Å². The van der Waals surface area contributed by atoms with E-state index in [0.29, 0.717) is 38.5 Å². The van der Waals surface area contributed by atoms with E-state index in [9.17, 15) is 45.3 Å². The highest BCUT2D eigenvalue weighted by Crippen LogP contribution is 2.29. The molecule has 0 aromatic carbocycles. The molecule has 0 radical (unpaired) electrons. The lowest BCUT2D eigenvalue weighted by atomic mass is 9.97. The summed E-state index contributed by atoms with van der Waals surface area (Å²) in [5, 5.41) is 70.1. The maximum Gasteiger partial charge on any atom is 0.187 e. The summed E-state index contributed by atoms with van der Waals surface area (Å²) < 4.78 is 21.7. The van der Waals surface area contributed by atoms with Crippen LogP contribution in [0.25, 0.3) is 0 Å². The molecule has 2 saturated heterocycles. The van der Waals surface area contributed by atoms with Gasteiger partial charge in [-0.3, -0.25) is 9.59 Å². The number of hydrogen-bond donors (Lipinski definition) is 7. The average Bonchev–Trinajstić information content (AvgIpc) is 2.87. The third-order valence-corrected chi connectivity index (χ3v) is 6.40. The minimum atomic E-state index is -1.76. The Morgan fingerprint density at radius 3 is 1.86 bits per heavy atom. The van der Waals surface area contributed by atoms with Crippen molar-refractivity contribution in [1.82, 2.24) is 0 Å². The van der Waals surface area contributed by atoms with Crippen LogP contribution in [0.4, 0.5) is 0 Å². The van der Waals surface area contributed by atoms with E-state index in [1.54, 1.807) is 6.92 Å². The molecule has 0 aromatic rings. The zero-order valence-corrected chi connectivity index (χ0v) is 20.4. The van der Waals surface area contributed by atoms with Gasteiger partial charge in [-0.05, 0) is 19.3 Å². The maximum absolute atomic E-state index is 12.0. The van der Waals surface area contributed by atoms with Crippen molar-refractivity contribution in [3.05, 3.63) is 0 Å². The van der Waals surface area contributed by atoms with Crippen LogP contribution in [0.2, 0.25) is 0 Å². The first-order chi connectivity index (χ1) is 17.1. The smallest absolute Gasteiger partial charge is 0.187 e. The van der Waals surface area contributed by atoms with E-state index in [0.717, 1.165) is 0 Å². The summed E-state index contributed by atoms with van der Waals surface area (Å²) in [6.07, 6.45) is -12.1. The molecule has 13 heteroatoms. The van der Waals surface area contributed by atoms with Crippen molar-refractivity contribution in [2.75, 3.05) is 19.8 Å². The van der Waals surface area contributed by atoms with E-state index in [4.69, 9.17) is 18.9 Å². The van der Waals surface area contributed by atoms with Gasteiger partial charge in [-0.2, -0.15) is 0 Å². The summed E-state index contributed by atoms with van der Waals surface area (Å²) in [6, 6.07) is 0. The van der Waals surface area contributed by atoms with Crippen molar-refractivity contribution >= 4 is 11.6 Å². The number of ketones is 2. The lowest BCUT2D eigenvalue weighted by molar-refractivity contribution is -0.360. The molecular formula is C23H40O13. The van der Waals surface area contributed by atoms with Gasteiger partial charge in [0.05, 0.1) is 19.8 Å². The van der Waals surface area contributed by atoms with Crippen LogP contribution in [0.1, 0.15) is 51.9 Å². The van der Waals surface area contributed by atoms with Crippen LogP contribution in [-0.2, 0) is 28.5 Å². The van der Waals surface area contributed by atoms with E-state index in [1.165, 1.54) is 0 Å². The van der Waals surface area contributed by atoms with Gasteiger partial charge in [0.1, 0.15) is 60.4 Å². The van der Waals surface area contributed by atoms with Crippen molar-refractivity contribution in [2.24, 2.45) is 0 Å². The van der Waals surface area contributed by atoms with E-state index >= 15 is 0 Å². The van der Waals surface area contributed by atoms with Crippen LogP contribution < -0.4 is 0 Å². The zero-order valence-electron chi connectivity index (χ0n) is 20.4. The third kappa shape index (κ3) is 8.46. The molecule has 2 heterocycles. The van der Waals surface area contributed by atoms with E-state index in [-0.39, 0.29) is 24.6 Å². The fourth-order valence-electron chi connectivity index (χ4n) is 4.10. The number of aliphatic hydroxyl groups excluding tert-OH is 7. The molecule has 10 atom stereocenters. The lowest BCUT2D eigenvalue weighted by Crippen LogP contribution is -2.64.